The number of nitrogens with zero attached hydrogens (tertiary/aromatic N) is 2. The van der Waals surface area contributed by atoms with E-state index in [-0.39, 0.29) is 25.5 Å². The number of fused-ring (bicyclic) bond motifs is 3. The second-order valence-electron chi connectivity index (χ2n) is 11.9. The van der Waals surface area contributed by atoms with Crippen molar-refractivity contribution in [3.05, 3.63) is 157 Å². The number of aromatic nitrogens is 2. The van der Waals surface area contributed by atoms with Crippen LogP contribution in [0.25, 0.3) is 55.2 Å². The molecule has 0 atom stereocenters. The van der Waals surface area contributed by atoms with E-state index in [4.69, 9.17) is 0 Å². The summed E-state index contributed by atoms with van der Waals surface area (Å²) in [5.41, 5.74) is 8.99. The van der Waals surface area contributed by atoms with Gasteiger partial charge in [0.1, 0.15) is 0 Å². The third-order valence-electron chi connectivity index (χ3n) is 7.68. The molecule has 0 saturated heterocycles. The molecule has 0 saturated carbocycles. The fourth-order valence-corrected chi connectivity index (χ4v) is 5.30. The molecule has 2 nitrogen and oxygen atoms in total. The summed E-state index contributed by atoms with van der Waals surface area (Å²) in [6, 6.07) is 48.7. The van der Waals surface area contributed by atoms with Gasteiger partial charge in [-0.15, -0.1) is 71.3 Å². The molecule has 44 heavy (non-hydrogen) atoms. The van der Waals surface area contributed by atoms with Crippen LogP contribution in [-0.2, 0) is 25.5 Å². The van der Waals surface area contributed by atoms with Crippen LogP contribution < -0.4 is 0 Å². The standard InChI is InChI=1S/C29H24N.C12H10N.Ir/c1-29(2,3)23-15-16-30-28(19-23)22-11-8-10-20(17-22)27-18-21-9-4-5-12-24(21)25-13-6-7-14-26(25)27;1-10-7-8-12(13-9-10)11-5-3-2-4-6-11;/h4-10,12-19H,1-3H3;2-5,7-9H,1H3;/q2*-1;. The van der Waals surface area contributed by atoms with Gasteiger partial charge in [0, 0.05) is 32.5 Å². The molecule has 5 aromatic carbocycles. The first-order valence-corrected chi connectivity index (χ1v) is 14.7. The summed E-state index contributed by atoms with van der Waals surface area (Å²) >= 11 is 0. The summed E-state index contributed by atoms with van der Waals surface area (Å²) in [5.74, 6) is 0. The van der Waals surface area contributed by atoms with Crippen molar-refractivity contribution < 1.29 is 20.1 Å². The van der Waals surface area contributed by atoms with Gasteiger partial charge in [0.05, 0.1) is 0 Å². The van der Waals surface area contributed by atoms with E-state index in [1.54, 1.807) is 0 Å². The topological polar surface area (TPSA) is 25.8 Å². The van der Waals surface area contributed by atoms with Crippen molar-refractivity contribution in [2.45, 2.75) is 33.1 Å². The third-order valence-corrected chi connectivity index (χ3v) is 7.68. The van der Waals surface area contributed by atoms with Gasteiger partial charge in [-0.25, -0.2) is 0 Å². The summed E-state index contributed by atoms with van der Waals surface area (Å²) in [4.78, 5) is 8.96. The van der Waals surface area contributed by atoms with E-state index in [0.29, 0.717) is 0 Å². The molecular formula is C41H34IrN2-2. The van der Waals surface area contributed by atoms with E-state index in [0.717, 1.165) is 22.5 Å². The van der Waals surface area contributed by atoms with Crippen LogP contribution in [0.15, 0.2) is 134 Å². The van der Waals surface area contributed by atoms with Crippen LogP contribution in [0.1, 0.15) is 31.9 Å². The van der Waals surface area contributed by atoms with E-state index in [1.165, 1.54) is 43.8 Å². The SMILES string of the molecule is CC(C)(C)c1ccnc(-c2[c-]ccc(-c3cc4ccccc4c4ccccc34)c2)c1.Cc1ccc(-c2[c-]cccc2)nc1.[Ir]. The van der Waals surface area contributed by atoms with E-state index >= 15 is 0 Å². The number of hydrogen-bond donors (Lipinski definition) is 0. The number of hydrogen-bond acceptors (Lipinski definition) is 2. The molecule has 0 N–H and O–H groups in total. The van der Waals surface area contributed by atoms with E-state index in [9.17, 15) is 0 Å². The second-order valence-corrected chi connectivity index (χ2v) is 11.9. The molecule has 0 bridgehead atoms. The first-order chi connectivity index (χ1) is 20.9. The normalized spacial score (nSPS) is 11.0. The fraction of sp³-hybridized carbons (Fsp3) is 0.122. The van der Waals surface area contributed by atoms with Crippen molar-refractivity contribution in [2.75, 3.05) is 0 Å². The molecule has 2 heterocycles. The molecule has 219 valence electrons. The monoisotopic (exact) mass is 747 g/mol. The molecule has 7 aromatic rings. The number of benzene rings is 5. The van der Waals surface area contributed by atoms with Crippen LogP contribution in [0, 0.1) is 19.1 Å². The van der Waals surface area contributed by atoms with Crippen LogP contribution in [0.5, 0.6) is 0 Å². The van der Waals surface area contributed by atoms with Crippen LogP contribution in [0.3, 0.4) is 0 Å². The minimum absolute atomic E-state index is 0. The number of pyridine rings is 2. The van der Waals surface area contributed by atoms with Crippen molar-refractivity contribution in [3.8, 4) is 33.6 Å². The van der Waals surface area contributed by atoms with Crippen LogP contribution >= 0.6 is 0 Å². The van der Waals surface area contributed by atoms with Gasteiger partial charge in [0.15, 0.2) is 0 Å². The first kappa shape index (κ1) is 31.0. The van der Waals surface area contributed by atoms with Gasteiger partial charge < -0.3 is 9.97 Å². The van der Waals surface area contributed by atoms with Crippen LogP contribution in [0.4, 0.5) is 0 Å². The van der Waals surface area contributed by atoms with E-state index in [1.807, 2.05) is 55.7 Å². The Hall–Kier alpha value is -4.43. The fourth-order valence-electron chi connectivity index (χ4n) is 5.30. The summed E-state index contributed by atoms with van der Waals surface area (Å²) in [7, 11) is 0. The first-order valence-electron chi connectivity index (χ1n) is 14.7. The number of aryl methyl sites for hydroxylation is 1. The third kappa shape index (κ3) is 6.86. The zero-order valence-corrected chi connectivity index (χ0v) is 27.8. The maximum absolute atomic E-state index is 4.64. The zero-order chi connectivity index (χ0) is 29.8. The summed E-state index contributed by atoms with van der Waals surface area (Å²) < 4.78 is 0. The zero-order valence-electron chi connectivity index (χ0n) is 25.4. The molecule has 0 unspecified atom stereocenters. The van der Waals surface area contributed by atoms with E-state index < -0.39 is 0 Å². The quantitative estimate of drug-likeness (QED) is 0.133. The van der Waals surface area contributed by atoms with Gasteiger partial charge >= 0.3 is 0 Å². The second kappa shape index (κ2) is 13.5. The van der Waals surface area contributed by atoms with Crippen molar-refractivity contribution >= 4 is 21.5 Å². The summed E-state index contributed by atoms with van der Waals surface area (Å²) in [6.07, 6.45) is 3.78. The van der Waals surface area contributed by atoms with Crippen molar-refractivity contribution in [3.63, 3.8) is 0 Å². The molecule has 0 aliphatic heterocycles. The number of rotatable bonds is 3. The van der Waals surface area contributed by atoms with Crippen molar-refractivity contribution in [1.29, 1.82) is 0 Å². The Morgan fingerprint density at radius 3 is 2.05 bits per heavy atom. The summed E-state index contributed by atoms with van der Waals surface area (Å²) in [6.45, 7) is 8.72. The van der Waals surface area contributed by atoms with Gasteiger partial charge in [0.2, 0.25) is 0 Å². The minimum atomic E-state index is 0. The Bertz CT molecular complexity index is 2010. The molecular weight excluding hydrogens is 713 g/mol. The molecule has 0 aliphatic rings. The van der Waals surface area contributed by atoms with Crippen molar-refractivity contribution in [1.82, 2.24) is 9.97 Å². The maximum atomic E-state index is 4.64. The minimum Gasteiger partial charge on any atom is -0.305 e. The smallest absolute Gasteiger partial charge is 0.0190 e. The van der Waals surface area contributed by atoms with Crippen LogP contribution in [-0.4, -0.2) is 9.97 Å². The molecule has 7 rings (SSSR count). The van der Waals surface area contributed by atoms with Gasteiger partial charge in [-0.1, -0.05) is 87.5 Å². The van der Waals surface area contributed by atoms with E-state index in [2.05, 4.69) is 128 Å². The predicted molar refractivity (Wildman–Crippen MR) is 181 cm³/mol. The molecule has 0 spiro atoms. The Morgan fingerprint density at radius 2 is 1.32 bits per heavy atom. The molecule has 0 aliphatic carbocycles. The summed E-state index contributed by atoms with van der Waals surface area (Å²) in [5, 5.41) is 5.10. The molecule has 0 amide bonds. The Balaban J connectivity index is 0.000000230. The average Bonchev–Trinajstić information content (AvgIpc) is 3.05. The predicted octanol–water partition coefficient (Wildman–Crippen LogP) is 10.7. The Kier molecular flexibility index (Phi) is 9.49. The maximum Gasteiger partial charge on any atom is 0.0190 e. The van der Waals surface area contributed by atoms with Gasteiger partial charge in [-0.3, -0.25) is 0 Å². The van der Waals surface area contributed by atoms with Gasteiger partial charge in [-0.2, -0.15) is 0 Å². The molecule has 3 heteroatoms. The average molecular weight is 747 g/mol. The Labute approximate surface area is 274 Å². The van der Waals surface area contributed by atoms with Crippen molar-refractivity contribution in [2.24, 2.45) is 0 Å². The van der Waals surface area contributed by atoms with Gasteiger partial charge in [0.25, 0.3) is 0 Å². The van der Waals surface area contributed by atoms with Crippen LogP contribution in [0.2, 0.25) is 0 Å². The molecule has 0 fully saturated rings. The largest absolute Gasteiger partial charge is 0.305 e. The molecule has 2 aromatic heterocycles. The van der Waals surface area contributed by atoms with Gasteiger partial charge in [-0.05, 0) is 74.1 Å². The molecule has 1 radical (unpaired) electrons. The Morgan fingerprint density at radius 1 is 0.591 bits per heavy atom.